The molecule has 0 fully saturated rings. The van der Waals surface area contributed by atoms with Gasteiger partial charge in [-0.25, -0.2) is 0 Å². The number of aryl methyl sites for hydroxylation is 2. The maximum atomic E-state index is 12.0. The molecule has 6 rings (SSSR count). The van der Waals surface area contributed by atoms with E-state index in [1.54, 1.807) is 13.8 Å². The number of aliphatic imine (C=N–C) groups is 1. The predicted octanol–water partition coefficient (Wildman–Crippen LogP) is 8.10. The van der Waals surface area contributed by atoms with E-state index in [0.717, 1.165) is 48.5 Å². The first-order chi connectivity index (χ1) is 28.8. The van der Waals surface area contributed by atoms with E-state index in [2.05, 4.69) is 30.8 Å². The van der Waals surface area contributed by atoms with Crippen molar-refractivity contribution in [1.82, 2.24) is 0 Å². The number of nitrogens with one attached hydrogen (secondary N) is 1. The number of methoxy groups -OCH3 is 2. The highest BCUT2D eigenvalue weighted by molar-refractivity contribution is 7.86. The standard InChI is InChI=1S/C37H32N6O15S4/c1-19-9-33(35(57-3)17-29(19)40-42-31-15-25(61(51,52)53)13-21-11-23(59(45,46)47)5-7-27(21)31)38-37(44)39-34-10-20(2)30(18-36(34)58-4)41-43-32-16-26(62(54,55)56)14-22-12-24(60(48,49)50)6-8-28(22)32/h5-18H,1-4H3,(H2,38,39,44)(H,45,46,47)(H,48,49,50)(H,51,52,53)(H,54,55,56). The van der Waals surface area contributed by atoms with Crippen molar-refractivity contribution in [3.8, 4) is 11.5 Å². The molecule has 6 aromatic carbocycles. The number of nitrogens with zero attached hydrogens (tertiary/aromatic N) is 5. The lowest BCUT2D eigenvalue weighted by Gasteiger charge is -2.13. The summed E-state index contributed by atoms with van der Waals surface area (Å²) in [6, 6.07) is 16.0. The molecule has 0 atom stereocenters. The zero-order valence-corrected chi connectivity index (χ0v) is 35.5. The molecule has 0 saturated carbocycles. The van der Waals surface area contributed by atoms with Crippen LogP contribution in [0.2, 0.25) is 0 Å². The quantitative estimate of drug-likeness (QED) is 0.0292. The van der Waals surface area contributed by atoms with Gasteiger partial charge in [0.15, 0.2) is 0 Å². The molecule has 0 spiro atoms. The molecule has 25 heteroatoms. The van der Waals surface area contributed by atoms with Crippen LogP contribution in [0.3, 0.4) is 0 Å². The summed E-state index contributed by atoms with van der Waals surface area (Å²) >= 11 is 0. The largest absolute Gasteiger partial charge is 0.494 e. The number of aliphatic hydroxyl groups is 1. The average molecular weight is 929 g/mol. The molecule has 0 aromatic heterocycles. The van der Waals surface area contributed by atoms with Gasteiger partial charge in [0.05, 0.1) is 62.2 Å². The monoisotopic (exact) mass is 928 g/mol. The van der Waals surface area contributed by atoms with E-state index in [0.29, 0.717) is 11.1 Å². The number of azo groups is 2. The van der Waals surface area contributed by atoms with Crippen molar-refractivity contribution in [1.29, 1.82) is 0 Å². The van der Waals surface area contributed by atoms with Gasteiger partial charge in [0, 0.05) is 22.9 Å². The molecular formula is C37H32N6O15S4. The van der Waals surface area contributed by atoms with Gasteiger partial charge < -0.3 is 19.9 Å². The molecule has 0 heterocycles. The van der Waals surface area contributed by atoms with Crippen LogP contribution in [0, 0.1) is 13.8 Å². The van der Waals surface area contributed by atoms with Crippen molar-refractivity contribution < 1.29 is 66.5 Å². The Morgan fingerprint density at radius 3 is 1.29 bits per heavy atom. The average Bonchev–Trinajstić information content (AvgIpc) is 3.18. The van der Waals surface area contributed by atoms with Crippen LogP contribution in [-0.2, 0) is 40.5 Å². The molecule has 0 aliphatic rings. The molecule has 62 heavy (non-hydrogen) atoms. The number of hydrogen-bond donors (Lipinski definition) is 6. The molecule has 324 valence electrons. The third-order valence-electron chi connectivity index (χ3n) is 8.96. The highest BCUT2D eigenvalue weighted by Gasteiger charge is 2.20. The van der Waals surface area contributed by atoms with Crippen molar-refractivity contribution in [3.05, 3.63) is 96.1 Å². The van der Waals surface area contributed by atoms with Crippen LogP contribution < -0.4 is 14.8 Å². The molecule has 0 aliphatic heterocycles. The highest BCUT2D eigenvalue weighted by atomic mass is 32.2. The Hall–Kier alpha value is -6.45. The topological polar surface area (TPSA) is 330 Å². The first-order valence-electron chi connectivity index (χ1n) is 17.2. The van der Waals surface area contributed by atoms with Crippen molar-refractivity contribution in [2.75, 3.05) is 19.5 Å². The van der Waals surface area contributed by atoms with Gasteiger partial charge in [-0.1, -0.05) is 12.1 Å². The zero-order valence-electron chi connectivity index (χ0n) is 32.3. The Bertz CT molecular complexity index is 3380. The minimum Gasteiger partial charge on any atom is -0.494 e. The maximum absolute atomic E-state index is 12.0. The summed E-state index contributed by atoms with van der Waals surface area (Å²) < 4.78 is 144. The molecule has 0 bridgehead atoms. The lowest BCUT2D eigenvalue weighted by atomic mass is 10.1. The molecule has 6 N–H and O–H groups in total. The molecule has 6 aromatic rings. The summed E-state index contributed by atoms with van der Waals surface area (Å²) in [5.41, 5.74) is 1.51. The molecule has 0 aliphatic carbocycles. The molecule has 21 nitrogen and oxygen atoms in total. The van der Waals surface area contributed by atoms with Crippen molar-refractivity contribution in [2.24, 2.45) is 25.4 Å². The third kappa shape index (κ3) is 10.0. The van der Waals surface area contributed by atoms with Gasteiger partial charge in [0.1, 0.15) is 17.2 Å². The Morgan fingerprint density at radius 1 is 0.484 bits per heavy atom. The SMILES string of the molecule is COc1cc(N=Nc2cc(S(=O)(=O)O)cc3cc(S(=O)(=O)O)ccc23)c(C)cc1N=C(O)Nc1cc(C)c(N=Nc2cc(S(=O)(=O)O)cc3cc(S(=O)(=O)O)ccc23)cc1OC. The zero-order chi connectivity index (χ0) is 45.5. The van der Waals surface area contributed by atoms with Gasteiger partial charge in [-0.15, -0.1) is 10.2 Å². The minimum atomic E-state index is -4.78. The number of amidine groups is 1. The summed E-state index contributed by atoms with van der Waals surface area (Å²) in [6.45, 7) is 3.26. The number of rotatable bonds is 12. The maximum Gasteiger partial charge on any atom is 0.294 e. The first-order valence-corrected chi connectivity index (χ1v) is 22.9. The fourth-order valence-corrected chi connectivity index (χ4v) is 8.04. The van der Waals surface area contributed by atoms with Crippen LogP contribution >= 0.6 is 0 Å². The van der Waals surface area contributed by atoms with Crippen LogP contribution in [-0.4, -0.2) is 77.2 Å². The minimum absolute atomic E-state index is 0.0102. The van der Waals surface area contributed by atoms with E-state index >= 15 is 0 Å². The fraction of sp³-hybridized carbons (Fsp3) is 0.108. The van der Waals surface area contributed by atoms with E-state index in [1.807, 2.05) is 0 Å². The van der Waals surface area contributed by atoms with Gasteiger partial charge in [0.2, 0.25) is 0 Å². The molecule has 0 radical (unpaired) electrons. The number of hydrogen-bond acceptors (Lipinski definition) is 15. The van der Waals surface area contributed by atoms with Crippen LogP contribution in [0.1, 0.15) is 11.1 Å². The predicted molar refractivity (Wildman–Crippen MR) is 224 cm³/mol. The first kappa shape index (κ1) is 45.1. The Morgan fingerprint density at radius 2 is 0.871 bits per heavy atom. The van der Waals surface area contributed by atoms with Crippen LogP contribution in [0.5, 0.6) is 11.5 Å². The normalized spacial score (nSPS) is 13.1. The fourth-order valence-electron chi connectivity index (χ4n) is 5.94. The second kappa shape index (κ2) is 16.8. The van der Waals surface area contributed by atoms with E-state index in [-0.39, 0.29) is 67.2 Å². The van der Waals surface area contributed by atoms with Crippen molar-refractivity contribution in [2.45, 2.75) is 33.4 Å². The molecular weight excluding hydrogens is 897 g/mol. The smallest absolute Gasteiger partial charge is 0.294 e. The summed E-state index contributed by atoms with van der Waals surface area (Å²) in [6.07, 6.45) is 0. The second-order valence-electron chi connectivity index (χ2n) is 13.2. The van der Waals surface area contributed by atoms with E-state index in [9.17, 15) is 57.0 Å². The molecule has 0 amide bonds. The number of ether oxygens (including phenoxy) is 2. The Balaban J connectivity index is 1.30. The van der Waals surface area contributed by atoms with Gasteiger partial charge in [-0.3, -0.25) is 18.2 Å². The van der Waals surface area contributed by atoms with Crippen molar-refractivity contribution >= 4 is 102 Å². The summed E-state index contributed by atoms with van der Waals surface area (Å²) in [7, 11) is -16.2. The van der Waals surface area contributed by atoms with Crippen molar-refractivity contribution in [3.63, 3.8) is 0 Å². The lowest BCUT2D eigenvalue weighted by Crippen LogP contribution is -2.11. The second-order valence-corrected chi connectivity index (χ2v) is 18.8. The van der Waals surface area contributed by atoms with E-state index in [1.165, 1.54) is 50.6 Å². The van der Waals surface area contributed by atoms with Gasteiger partial charge in [-0.05, 0) is 96.4 Å². The van der Waals surface area contributed by atoms with Gasteiger partial charge >= 0.3 is 0 Å². The third-order valence-corrected chi connectivity index (χ3v) is 12.3. The number of aliphatic hydroxyl groups excluding tert-OH is 1. The van der Waals surface area contributed by atoms with Crippen LogP contribution in [0.25, 0.3) is 21.5 Å². The van der Waals surface area contributed by atoms with Crippen LogP contribution in [0.4, 0.5) is 34.1 Å². The number of fused-ring (bicyclic) bond motifs is 2. The summed E-state index contributed by atoms with van der Waals surface area (Å²) in [5, 5.41) is 30.9. The van der Waals surface area contributed by atoms with Crippen LogP contribution in [0.15, 0.2) is 130 Å². The van der Waals surface area contributed by atoms with E-state index < -0.39 is 66.1 Å². The molecule has 0 unspecified atom stereocenters. The van der Waals surface area contributed by atoms with Gasteiger partial charge in [0.25, 0.3) is 46.5 Å². The highest BCUT2D eigenvalue weighted by Crippen LogP contribution is 2.39. The summed E-state index contributed by atoms with van der Waals surface area (Å²) in [4.78, 5) is 1.95. The van der Waals surface area contributed by atoms with E-state index in [4.69, 9.17) is 9.47 Å². The number of anilines is 1. The summed E-state index contributed by atoms with van der Waals surface area (Å²) in [5.74, 6) is 0.241. The molecule has 0 saturated heterocycles. The Labute approximate surface area is 353 Å². The lowest BCUT2D eigenvalue weighted by molar-refractivity contribution is 0.415. The number of benzene rings is 6. The Kier molecular flexibility index (Phi) is 12.2. The van der Waals surface area contributed by atoms with Gasteiger partial charge in [-0.2, -0.15) is 48.9 Å².